The van der Waals surface area contributed by atoms with Gasteiger partial charge in [0, 0.05) is 38.3 Å². The van der Waals surface area contributed by atoms with Crippen LogP contribution in [-0.2, 0) is 6.54 Å². The van der Waals surface area contributed by atoms with Crippen molar-refractivity contribution in [3.63, 3.8) is 0 Å². The summed E-state index contributed by atoms with van der Waals surface area (Å²) in [6.07, 6.45) is 1.57. The predicted octanol–water partition coefficient (Wildman–Crippen LogP) is 2.95. The van der Waals surface area contributed by atoms with Gasteiger partial charge < -0.3 is 19.1 Å². The molecule has 2 aliphatic heterocycles. The van der Waals surface area contributed by atoms with Crippen molar-refractivity contribution in [2.24, 2.45) is 0 Å². The number of ether oxygens (including phenoxy) is 3. The number of benzene rings is 2. The zero-order valence-corrected chi connectivity index (χ0v) is 18.3. The van der Waals surface area contributed by atoms with Crippen molar-refractivity contribution in [1.82, 2.24) is 20.0 Å². The number of piperazine rings is 1. The van der Waals surface area contributed by atoms with E-state index in [1.807, 2.05) is 29.2 Å². The van der Waals surface area contributed by atoms with Crippen molar-refractivity contribution in [2.75, 3.05) is 46.5 Å². The second kappa shape index (κ2) is 9.11. The molecular formula is C24H25FN4O4. The fourth-order valence-electron chi connectivity index (χ4n) is 4.21. The van der Waals surface area contributed by atoms with Crippen molar-refractivity contribution in [3.8, 4) is 28.5 Å². The van der Waals surface area contributed by atoms with Gasteiger partial charge in [0.2, 0.25) is 0 Å². The minimum Gasteiger partial charge on any atom is -0.494 e. The Labute approximate surface area is 190 Å². The number of carbonyl (C=O) groups excluding carboxylic acids is 1. The third-order valence-electron chi connectivity index (χ3n) is 5.98. The van der Waals surface area contributed by atoms with E-state index in [1.165, 1.54) is 13.2 Å². The molecule has 0 radical (unpaired) electrons. The van der Waals surface area contributed by atoms with Gasteiger partial charge in [-0.1, -0.05) is 6.07 Å². The summed E-state index contributed by atoms with van der Waals surface area (Å²) in [5.74, 6) is 1.17. The maximum absolute atomic E-state index is 14.0. The number of hydrogen-bond donors (Lipinski definition) is 1. The first-order valence-corrected chi connectivity index (χ1v) is 10.9. The molecule has 1 amide bonds. The lowest BCUT2D eigenvalue weighted by Gasteiger charge is -2.34. The number of nitrogens with zero attached hydrogens (tertiary/aromatic N) is 3. The highest BCUT2D eigenvalue weighted by molar-refractivity contribution is 6.00. The molecule has 0 spiro atoms. The van der Waals surface area contributed by atoms with Crippen LogP contribution in [0.25, 0.3) is 11.3 Å². The number of aromatic amines is 1. The monoisotopic (exact) mass is 452 g/mol. The maximum Gasteiger partial charge on any atom is 0.257 e. The summed E-state index contributed by atoms with van der Waals surface area (Å²) in [5, 5.41) is 7.07. The highest BCUT2D eigenvalue weighted by Crippen LogP contribution is 2.35. The minimum atomic E-state index is -0.365. The number of aromatic nitrogens is 2. The summed E-state index contributed by atoms with van der Waals surface area (Å²) in [6.45, 7) is 4.23. The molecule has 9 heteroatoms. The van der Waals surface area contributed by atoms with Crippen LogP contribution in [0.15, 0.2) is 42.6 Å². The number of hydrogen-bond acceptors (Lipinski definition) is 6. The van der Waals surface area contributed by atoms with E-state index in [4.69, 9.17) is 14.2 Å². The van der Waals surface area contributed by atoms with Gasteiger partial charge in [0.1, 0.15) is 13.2 Å². The summed E-state index contributed by atoms with van der Waals surface area (Å²) >= 11 is 0. The van der Waals surface area contributed by atoms with E-state index in [0.29, 0.717) is 68.7 Å². The van der Waals surface area contributed by atoms with Gasteiger partial charge in [0.05, 0.1) is 24.6 Å². The number of rotatable bonds is 5. The first kappa shape index (κ1) is 21.3. The molecule has 33 heavy (non-hydrogen) atoms. The zero-order valence-electron chi connectivity index (χ0n) is 18.3. The molecule has 1 fully saturated rings. The van der Waals surface area contributed by atoms with Crippen LogP contribution in [0.3, 0.4) is 0 Å². The first-order chi connectivity index (χ1) is 16.1. The Hall–Kier alpha value is -3.59. The predicted molar refractivity (Wildman–Crippen MR) is 119 cm³/mol. The summed E-state index contributed by atoms with van der Waals surface area (Å²) in [6, 6.07) is 10.6. The molecule has 2 aromatic carbocycles. The van der Waals surface area contributed by atoms with Crippen LogP contribution in [0.1, 0.15) is 15.9 Å². The highest BCUT2D eigenvalue weighted by atomic mass is 19.1. The molecule has 3 aromatic rings. The van der Waals surface area contributed by atoms with Gasteiger partial charge in [-0.25, -0.2) is 4.39 Å². The molecule has 0 bridgehead atoms. The van der Waals surface area contributed by atoms with Crippen LogP contribution in [0, 0.1) is 5.82 Å². The van der Waals surface area contributed by atoms with Crippen LogP contribution in [0.2, 0.25) is 0 Å². The third kappa shape index (κ3) is 4.36. The average Bonchev–Trinajstić information content (AvgIpc) is 3.34. The number of amides is 1. The summed E-state index contributed by atoms with van der Waals surface area (Å²) in [7, 11) is 1.45. The van der Waals surface area contributed by atoms with Gasteiger partial charge in [0.25, 0.3) is 5.91 Å². The van der Waals surface area contributed by atoms with Crippen molar-refractivity contribution in [2.45, 2.75) is 6.54 Å². The molecule has 172 valence electrons. The van der Waals surface area contributed by atoms with Crippen LogP contribution >= 0.6 is 0 Å². The van der Waals surface area contributed by atoms with Crippen molar-refractivity contribution in [3.05, 3.63) is 59.5 Å². The third-order valence-corrected chi connectivity index (χ3v) is 5.98. The number of H-pyrrole nitrogens is 1. The molecule has 0 aliphatic carbocycles. The molecule has 0 saturated carbocycles. The van der Waals surface area contributed by atoms with Gasteiger partial charge in [-0.15, -0.1) is 0 Å². The largest absolute Gasteiger partial charge is 0.494 e. The van der Waals surface area contributed by atoms with E-state index >= 15 is 0 Å². The van der Waals surface area contributed by atoms with Crippen LogP contribution < -0.4 is 14.2 Å². The summed E-state index contributed by atoms with van der Waals surface area (Å²) in [5.41, 5.74) is 2.88. The zero-order chi connectivity index (χ0) is 22.8. The Kier molecular flexibility index (Phi) is 5.87. The minimum absolute atomic E-state index is 0.0659. The number of nitrogens with one attached hydrogen (secondary N) is 1. The fraction of sp³-hybridized carbons (Fsp3) is 0.333. The van der Waals surface area contributed by atoms with Crippen LogP contribution in [0.5, 0.6) is 17.2 Å². The Bertz CT molecular complexity index is 1160. The molecule has 3 heterocycles. The second-order valence-corrected chi connectivity index (χ2v) is 8.05. The molecule has 1 saturated heterocycles. The lowest BCUT2D eigenvalue weighted by Crippen LogP contribution is -2.48. The molecular weight excluding hydrogens is 427 g/mol. The maximum atomic E-state index is 14.0. The Morgan fingerprint density at radius 3 is 2.64 bits per heavy atom. The Morgan fingerprint density at radius 2 is 1.88 bits per heavy atom. The Balaban J connectivity index is 1.24. The lowest BCUT2D eigenvalue weighted by molar-refractivity contribution is 0.0629. The van der Waals surface area contributed by atoms with Gasteiger partial charge >= 0.3 is 0 Å². The smallest absolute Gasteiger partial charge is 0.257 e. The number of carbonyl (C=O) groups is 1. The topological polar surface area (TPSA) is 79.9 Å². The van der Waals surface area contributed by atoms with Gasteiger partial charge in [-0.2, -0.15) is 5.10 Å². The first-order valence-electron chi connectivity index (χ1n) is 10.9. The SMILES string of the molecule is COc1ccc(CN2CCN(C(=O)c3cn[nH]c3-c3ccc4c(c3)OCCO4)CC2)cc1F. The normalized spacial score (nSPS) is 16.0. The average molecular weight is 452 g/mol. The van der Waals surface area contributed by atoms with E-state index < -0.39 is 0 Å². The van der Waals surface area contributed by atoms with E-state index in [1.54, 1.807) is 12.3 Å². The number of fused-ring (bicyclic) bond motifs is 1. The molecule has 0 atom stereocenters. The molecule has 1 aromatic heterocycles. The molecule has 2 aliphatic rings. The summed E-state index contributed by atoms with van der Waals surface area (Å²) < 4.78 is 30.2. The molecule has 5 rings (SSSR count). The lowest BCUT2D eigenvalue weighted by atomic mass is 10.1. The number of methoxy groups -OCH3 is 1. The van der Waals surface area contributed by atoms with Gasteiger partial charge in [0.15, 0.2) is 23.1 Å². The van der Waals surface area contributed by atoms with E-state index in [0.717, 1.165) is 11.1 Å². The van der Waals surface area contributed by atoms with Crippen LogP contribution in [-0.4, -0.2) is 72.4 Å². The van der Waals surface area contributed by atoms with Gasteiger partial charge in [-0.3, -0.25) is 14.8 Å². The second-order valence-electron chi connectivity index (χ2n) is 8.05. The summed E-state index contributed by atoms with van der Waals surface area (Å²) in [4.78, 5) is 17.3. The van der Waals surface area contributed by atoms with Gasteiger partial charge in [-0.05, 0) is 35.9 Å². The standard InChI is InChI=1S/C24H25FN4O4/c1-31-20-4-2-16(12-19(20)25)15-28-6-8-29(9-7-28)24(30)18-14-26-27-23(18)17-3-5-21-22(13-17)33-11-10-32-21/h2-5,12-14H,6-11,15H2,1H3,(H,26,27). The number of halogens is 1. The Morgan fingerprint density at radius 1 is 1.09 bits per heavy atom. The fourth-order valence-corrected chi connectivity index (χ4v) is 4.21. The van der Waals surface area contributed by atoms with Crippen molar-refractivity contribution >= 4 is 5.91 Å². The molecule has 8 nitrogen and oxygen atoms in total. The van der Waals surface area contributed by atoms with Crippen molar-refractivity contribution in [1.29, 1.82) is 0 Å². The van der Waals surface area contributed by atoms with E-state index in [-0.39, 0.29) is 17.5 Å². The van der Waals surface area contributed by atoms with E-state index in [9.17, 15) is 9.18 Å². The quantitative estimate of drug-likeness (QED) is 0.641. The molecule has 1 N–H and O–H groups in total. The van der Waals surface area contributed by atoms with E-state index in [2.05, 4.69) is 15.1 Å². The van der Waals surface area contributed by atoms with Crippen LogP contribution in [0.4, 0.5) is 4.39 Å². The highest BCUT2D eigenvalue weighted by Gasteiger charge is 2.26. The molecule has 0 unspecified atom stereocenters. The van der Waals surface area contributed by atoms with Crippen molar-refractivity contribution < 1.29 is 23.4 Å².